The molecular weight excluding hydrogens is 440 g/mol. The number of amides is 1. The van der Waals surface area contributed by atoms with Crippen molar-refractivity contribution in [1.29, 1.82) is 0 Å². The number of carbonyl (C=O) groups is 1. The van der Waals surface area contributed by atoms with Crippen LogP contribution in [-0.4, -0.2) is 59.8 Å². The second kappa shape index (κ2) is 9.84. The van der Waals surface area contributed by atoms with Gasteiger partial charge in [0.15, 0.2) is 0 Å². The summed E-state index contributed by atoms with van der Waals surface area (Å²) in [5, 5.41) is 4.03. The van der Waals surface area contributed by atoms with Crippen molar-refractivity contribution in [1.82, 2.24) is 19.3 Å². The molecule has 8 nitrogen and oxygen atoms in total. The van der Waals surface area contributed by atoms with Crippen LogP contribution < -0.4 is 0 Å². The average Bonchev–Trinajstić information content (AvgIpc) is 3.32. The quantitative estimate of drug-likeness (QED) is 0.528. The minimum absolute atomic E-state index is 0.0483. The normalized spacial score (nSPS) is 15.2. The number of carbonyl (C=O) groups excluding carboxylic acids is 1. The van der Waals surface area contributed by atoms with Gasteiger partial charge in [0, 0.05) is 44.6 Å². The maximum Gasteiger partial charge on any atom is 0.243 e. The largest absolute Gasteiger partial charge is 0.340 e. The van der Waals surface area contributed by atoms with Crippen LogP contribution in [0.2, 0.25) is 0 Å². The summed E-state index contributed by atoms with van der Waals surface area (Å²) in [5.74, 6) is 1.32. The lowest BCUT2D eigenvalue weighted by atomic mass is 10.0. The Bertz CT molecular complexity index is 1180. The molecule has 0 radical (unpaired) electrons. The molecular formula is C24H28N4O4S. The van der Waals surface area contributed by atoms with Gasteiger partial charge in [-0.25, -0.2) is 8.42 Å². The van der Waals surface area contributed by atoms with Gasteiger partial charge in [-0.05, 0) is 23.6 Å². The molecule has 33 heavy (non-hydrogen) atoms. The molecule has 174 valence electrons. The topological polar surface area (TPSA) is 96.6 Å². The van der Waals surface area contributed by atoms with E-state index in [1.165, 1.54) is 9.87 Å². The lowest BCUT2D eigenvalue weighted by Crippen LogP contribution is -2.50. The molecule has 1 fully saturated rings. The van der Waals surface area contributed by atoms with Gasteiger partial charge in [0.25, 0.3) is 0 Å². The van der Waals surface area contributed by atoms with Crippen LogP contribution in [0.3, 0.4) is 0 Å². The van der Waals surface area contributed by atoms with Crippen LogP contribution in [0.4, 0.5) is 0 Å². The number of nitrogens with zero attached hydrogens (tertiary/aromatic N) is 4. The summed E-state index contributed by atoms with van der Waals surface area (Å²) in [6.45, 7) is 5.56. The third-order valence-corrected chi connectivity index (χ3v) is 7.74. The van der Waals surface area contributed by atoms with Crippen LogP contribution in [0.15, 0.2) is 64.0 Å². The van der Waals surface area contributed by atoms with Crippen LogP contribution in [0.1, 0.15) is 37.6 Å². The third-order valence-electron chi connectivity index (χ3n) is 5.83. The van der Waals surface area contributed by atoms with E-state index in [0.717, 1.165) is 5.56 Å². The highest BCUT2D eigenvalue weighted by molar-refractivity contribution is 7.89. The molecule has 9 heteroatoms. The fourth-order valence-electron chi connectivity index (χ4n) is 3.78. The predicted molar refractivity (Wildman–Crippen MR) is 124 cm³/mol. The Morgan fingerprint density at radius 1 is 1.00 bits per heavy atom. The van der Waals surface area contributed by atoms with Crippen molar-refractivity contribution >= 4 is 15.9 Å². The molecule has 4 rings (SSSR count). The summed E-state index contributed by atoms with van der Waals surface area (Å²) < 4.78 is 32.2. The van der Waals surface area contributed by atoms with Gasteiger partial charge in [-0.3, -0.25) is 4.79 Å². The maximum absolute atomic E-state index is 12.7. The summed E-state index contributed by atoms with van der Waals surface area (Å²) in [5.41, 5.74) is 2.11. The first-order valence-corrected chi connectivity index (χ1v) is 12.5. The first-order valence-electron chi connectivity index (χ1n) is 11.1. The molecule has 0 spiro atoms. The number of hydrogen-bond acceptors (Lipinski definition) is 6. The molecule has 1 aromatic heterocycles. The standard InChI is InChI=1S/C24H28N4O4S/c1-18(2)19-8-10-20(11-9-19)24-25-22(32-26-24)12-13-23(29)27-14-16-28(17-15-27)33(30,31)21-6-4-3-5-7-21/h3-11,18H,12-17H2,1-2H3. The summed E-state index contributed by atoms with van der Waals surface area (Å²) in [6.07, 6.45) is 0.581. The van der Waals surface area contributed by atoms with E-state index in [2.05, 4.69) is 36.1 Å². The fraction of sp³-hybridized carbons (Fsp3) is 0.375. The SMILES string of the molecule is CC(C)c1ccc(-c2noc(CCC(=O)N3CCN(S(=O)(=O)c4ccccc4)CC3)n2)cc1. The number of aryl methyl sites for hydroxylation is 1. The molecule has 1 amide bonds. The minimum atomic E-state index is -3.54. The molecule has 1 aliphatic heterocycles. The average molecular weight is 469 g/mol. The zero-order valence-corrected chi connectivity index (χ0v) is 19.7. The van der Waals surface area contributed by atoms with Crippen LogP contribution in [0, 0.1) is 0 Å². The number of rotatable bonds is 7. The highest BCUT2D eigenvalue weighted by Crippen LogP contribution is 2.21. The van der Waals surface area contributed by atoms with Crippen molar-refractivity contribution in [3.8, 4) is 11.4 Å². The molecule has 1 aliphatic rings. The molecule has 2 aromatic carbocycles. The van der Waals surface area contributed by atoms with Gasteiger partial charge in [0.05, 0.1) is 4.90 Å². The van der Waals surface area contributed by atoms with Crippen molar-refractivity contribution in [3.63, 3.8) is 0 Å². The lowest BCUT2D eigenvalue weighted by molar-refractivity contribution is -0.132. The number of hydrogen-bond donors (Lipinski definition) is 0. The highest BCUT2D eigenvalue weighted by Gasteiger charge is 2.30. The molecule has 3 aromatic rings. The highest BCUT2D eigenvalue weighted by atomic mass is 32.2. The van der Waals surface area contributed by atoms with Gasteiger partial charge in [0.2, 0.25) is 27.6 Å². The van der Waals surface area contributed by atoms with Crippen molar-refractivity contribution in [2.75, 3.05) is 26.2 Å². The Balaban J connectivity index is 1.29. The second-order valence-electron chi connectivity index (χ2n) is 8.39. The van der Waals surface area contributed by atoms with Gasteiger partial charge >= 0.3 is 0 Å². The van der Waals surface area contributed by atoms with Gasteiger partial charge in [-0.1, -0.05) is 61.5 Å². The third kappa shape index (κ3) is 5.31. The Labute approximate surface area is 194 Å². The van der Waals surface area contributed by atoms with Crippen LogP contribution in [-0.2, 0) is 21.2 Å². The van der Waals surface area contributed by atoms with Gasteiger partial charge in [-0.15, -0.1) is 0 Å². The molecule has 0 aliphatic carbocycles. The smallest absolute Gasteiger partial charge is 0.243 e. The first kappa shape index (κ1) is 23.1. The molecule has 0 N–H and O–H groups in total. The van der Waals surface area contributed by atoms with E-state index in [4.69, 9.17) is 4.52 Å². The maximum atomic E-state index is 12.7. The molecule has 0 unspecified atom stereocenters. The van der Waals surface area contributed by atoms with Crippen molar-refractivity contribution in [2.45, 2.75) is 37.5 Å². The minimum Gasteiger partial charge on any atom is -0.340 e. The van der Waals surface area contributed by atoms with E-state index in [0.29, 0.717) is 37.1 Å². The van der Waals surface area contributed by atoms with Gasteiger partial charge in [-0.2, -0.15) is 9.29 Å². The van der Waals surface area contributed by atoms with Crippen molar-refractivity contribution in [3.05, 3.63) is 66.1 Å². The van der Waals surface area contributed by atoms with E-state index in [1.807, 2.05) is 12.1 Å². The van der Waals surface area contributed by atoms with Gasteiger partial charge < -0.3 is 9.42 Å². The zero-order chi connectivity index (χ0) is 23.4. The lowest BCUT2D eigenvalue weighted by Gasteiger charge is -2.34. The number of piperazine rings is 1. The molecule has 0 bridgehead atoms. The second-order valence-corrected chi connectivity index (χ2v) is 10.3. The Kier molecular flexibility index (Phi) is 6.90. The monoisotopic (exact) mass is 468 g/mol. The van der Waals surface area contributed by atoms with Crippen LogP contribution in [0.25, 0.3) is 11.4 Å². The molecule has 0 saturated carbocycles. The van der Waals surface area contributed by atoms with E-state index < -0.39 is 10.0 Å². The number of aromatic nitrogens is 2. The first-order chi connectivity index (χ1) is 15.8. The summed E-state index contributed by atoms with van der Waals surface area (Å²) in [6, 6.07) is 16.4. The van der Waals surface area contributed by atoms with Crippen LogP contribution >= 0.6 is 0 Å². The van der Waals surface area contributed by atoms with E-state index in [-0.39, 0.29) is 30.3 Å². The van der Waals surface area contributed by atoms with Crippen molar-refractivity contribution < 1.29 is 17.7 Å². The number of benzene rings is 2. The van der Waals surface area contributed by atoms with E-state index >= 15 is 0 Å². The Morgan fingerprint density at radius 2 is 1.67 bits per heavy atom. The Hall–Kier alpha value is -3.04. The van der Waals surface area contributed by atoms with Crippen molar-refractivity contribution in [2.24, 2.45) is 0 Å². The van der Waals surface area contributed by atoms with Crippen LogP contribution in [0.5, 0.6) is 0 Å². The van der Waals surface area contributed by atoms with E-state index in [1.54, 1.807) is 35.2 Å². The van der Waals surface area contributed by atoms with Gasteiger partial charge in [0.1, 0.15) is 0 Å². The molecule has 0 atom stereocenters. The fourth-order valence-corrected chi connectivity index (χ4v) is 5.23. The molecule has 2 heterocycles. The summed E-state index contributed by atoms with van der Waals surface area (Å²) in [7, 11) is -3.54. The summed E-state index contributed by atoms with van der Waals surface area (Å²) >= 11 is 0. The predicted octanol–water partition coefficient (Wildman–Crippen LogP) is 3.33. The molecule has 1 saturated heterocycles. The zero-order valence-electron chi connectivity index (χ0n) is 18.8. The number of sulfonamides is 1. The summed E-state index contributed by atoms with van der Waals surface area (Å²) in [4.78, 5) is 19.0. The van der Waals surface area contributed by atoms with E-state index in [9.17, 15) is 13.2 Å². The Morgan fingerprint density at radius 3 is 2.30 bits per heavy atom.